The zero-order valence-corrected chi connectivity index (χ0v) is 6.84. The van der Waals surface area contributed by atoms with Gasteiger partial charge in [0.2, 0.25) is 0 Å². The molecule has 11 heavy (non-hydrogen) atoms. The summed E-state index contributed by atoms with van der Waals surface area (Å²) in [7, 11) is 0. The van der Waals surface area contributed by atoms with Crippen LogP contribution in [0.4, 0.5) is 0 Å². The molecule has 66 valence electrons. The quantitative estimate of drug-likeness (QED) is 0.480. The van der Waals surface area contributed by atoms with Crippen molar-refractivity contribution in [2.24, 2.45) is 5.73 Å². The molecule has 4 nitrogen and oxygen atoms in total. The van der Waals surface area contributed by atoms with Crippen LogP contribution in [0.5, 0.6) is 0 Å². The van der Waals surface area contributed by atoms with E-state index in [-0.39, 0.29) is 11.8 Å². The van der Waals surface area contributed by atoms with Crippen molar-refractivity contribution in [1.29, 1.82) is 0 Å². The molecule has 1 fully saturated rings. The van der Waals surface area contributed by atoms with Gasteiger partial charge in [0.25, 0.3) is 0 Å². The van der Waals surface area contributed by atoms with Gasteiger partial charge in [0, 0.05) is 5.54 Å². The largest absolute Gasteiger partial charge is 0.361 e. The smallest absolute Gasteiger partial charge is 0.130 e. The van der Waals surface area contributed by atoms with Crippen LogP contribution in [0, 0.1) is 0 Å². The summed E-state index contributed by atoms with van der Waals surface area (Å²) in [4.78, 5) is 0. The van der Waals surface area contributed by atoms with Gasteiger partial charge in [-0.05, 0) is 26.2 Å². The van der Waals surface area contributed by atoms with E-state index >= 15 is 0 Å². The predicted molar refractivity (Wildman–Crippen MR) is 41.1 cm³/mol. The summed E-state index contributed by atoms with van der Waals surface area (Å²) >= 11 is 0. The van der Waals surface area contributed by atoms with E-state index in [0.717, 1.165) is 19.3 Å². The molecular formula is C7H16N2O2. The number of hydrogen-bond donors (Lipinski definition) is 3. The van der Waals surface area contributed by atoms with Crippen molar-refractivity contribution in [1.82, 2.24) is 5.48 Å². The standard InChI is InChI=1S/C7H16N2O2/c1-7(8)3-2-6(9-10)11-5-4-7/h6,9-10H,2-5,8H2,1H3. The topological polar surface area (TPSA) is 67.5 Å². The Bertz CT molecular complexity index is 128. The second kappa shape index (κ2) is 3.49. The van der Waals surface area contributed by atoms with Crippen molar-refractivity contribution >= 4 is 0 Å². The molecule has 2 unspecified atom stereocenters. The summed E-state index contributed by atoms with van der Waals surface area (Å²) in [5, 5.41) is 8.57. The van der Waals surface area contributed by atoms with E-state index in [0.29, 0.717) is 6.61 Å². The average molecular weight is 160 g/mol. The highest BCUT2D eigenvalue weighted by molar-refractivity contribution is 4.81. The summed E-state index contributed by atoms with van der Waals surface area (Å²) in [5.41, 5.74) is 7.88. The second-order valence-corrected chi connectivity index (χ2v) is 3.43. The monoisotopic (exact) mass is 160 g/mol. The third kappa shape index (κ3) is 2.75. The lowest BCUT2D eigenvalue weighted by atomic mass is 9.94. The normalized spacial score (nSPS) is 40.1. The van der Waals surface area contributed by atoms with E-state index in [1.165, 1.54) is 0 Å². The molecule has 2 atom stereocenters. The summed E-state index contributed by atoms with van der Waals surface area (Å²) in [6, 6.07) is 0. The van der Waals surface area contributed by atoms with Crippen molar-refractivity contribution in [3.63, 3.8) is 0 Å². The van der Waals surface area contributed by atoms with Crippen molar-refractivity contribution in [3.8, 4) is 0 Å². The number of hydrogen-bond acceptors (Lipinski definition) is 4. The minimum absolute atomic E-state index is 0.133. The number of nitrogens with two attached hydrogens (primary N) is 1. The number of hydroxylamine groups is 1. The van der Waals surface area contributed by atoms with Crippen LogP contribution in [0.2, 0.25) is 0 Å². The van der Waals surface area contributed by atoms with Gasteiger partial charge in [-0.15, -0.1) is 0 Å². The molecular weight excluding hydrogens is 144 g/mol. The Morgan fingerprint density at radius 2 is 2.36 bits per heavy atom. The first kappa shape index (κ1) is 8.93. The fourth-order valence-corrected chi connectivity index (χ4v) is 1.21. The van der Waals surface area contributed by atoms with Crippen LogP contribution in [0.1, 0.15) is 26.2 Å². The van der Waals surface area contributed by atoms with Gasteiger partial charge < -0.3 is 15.7 Å². The molecule has 0 radical (unpaired) electrons. The van der Waals surface area contributed by atoms with E-state index < -0.39 is 0 Å². The van der Waals surface area contributed by atoms with Gasteiger partial charge in [-0.3, -0.25) is 0 Å². The molecule has 4 heteroatoms. The molecule has 0 aromatic rings. The first-order chi connectivity index (χ1) is 5.14. The van der Waals surface area contributed by atoms with E-state index in [4.69, 9.17) is 15.7 Å². The fourth-order valence-electron chi connectivity index (χ4n) is 1.21. The van der Waals surface area contributed by atoms with Gasteiger partial charge in [-0.2, -0.15) is 5.48 Å². The van der Waals surface area contributed by atoms with Gasteiger partial charge in [0.1, 0.15) is 6.23 Å². The zero-order chi connectivity index (χ0) is 8.32. The third-order valence-electron chi connectivity index (χ3n) is 2.11. The number of nitrogens with one attached hydrogen (secondary N) is 1. The lowest BCUT2D eigenvalue weighted by Crippen LogP contribution is -2.36. The molecule has 4 N–H and O–H groups in total. The van der Waals surface area contributed by atoms with Gasteiger partial charge in [0.15, 0.2) is 0 Å². The van der Waals surface area contributed by atoms with E-state index in [1.807, 2.05) is 6.92 Å². The van der Waals surface area contributed by atoms with Crippen molar-refractivity contribution in [2.45, 2.75) is 38.0 Å². The summed E-state index contributed by atoms with van der Waals surface area (Å²) in [6.45, 7) is 2.63. The summed E-state index contributed by atoms with van der Waals surface area (Å²) in [5.74, 6) is 0. The molecule has 0 saturated carbocycles. The lowest BCUT2D eigenvalue weighted by molar-refractivity contribution is -0.0491. The van der Waals surface area contributed by atoms with Gasteiger partial charge in [0.05, 0.1) is 6.61 Å². The highest BCUT2D eigenvalue weighted by Gasteiger charge is 2.24. The molecule has 1 aliphatic heterocycles. The van der Waals surface area contributed by atoms with Crippen LogP contribution in [0.3, 0.4) is 0 Å². The SMILES string of the molecule is CC1(N)CCOC(NO)CC1. The first-order valence-corrected chi connectivity index (χ1v) is 3.94. The number of ether oxygens (including phenoxy) is 1. The third-order valence-corrected chi connectivity index (χ3v) is 2.11. The molecule has 0 spiro atoms. The molecule has 0 aromatic heterocycles. The maximum Gasteiger partial charge on any atom is 0.130 e. The maximum absolute atomic E-state index is 8.57. The van der Waals surface area contributed by atoms with Crippen LogP contribution >= 0.6 is 0 Å². The molecule has 0 bridgehead atoms. The van der Waals surface area contributed by atoms with Crippen LogP contribution in [-0.2, 0) is 4.74 Å². The molecule has 1 rings (SSSR count). The van der Waals surface area contributed by atoms with Crippen LogP contribution in [0.15, 0.2) is 0 Å². The predicted octanol–water partition coefficient (Wildman–Crippen LogP) is 0.209. The highest BCUT2D eigenvalue weighted by atomic mass is 16.6. The molecule has 1 heterocycles. The fraction of sp³-hybridized carbons (Fsp3) is 1.00. The minimum atomic E-state index is -0.236. The Balaban J connectivity index is 2.39. The summed E-state index contributed by atoms with van der Waals surface area (Å²) in [6.07, 6.45) is 2.26. The summed E-state index contributed by atoms with van der Waals surface area (Å²) < 4.78 is 5.25. The average Bonchev–Trinajstić information content (AvgIpc) is 2.10. The van der Waals surface area contributed by atoms with E-state index in [1.54, 1.807) is 0 Å². The van der Waals surface area contributed by atoms with Crippen LogP contribution in [-0.4, -0.2) is 23.6 Å². The van der Waals surface area contributed by atoms with Crippen LogP contribution in [0.25, 0.3) is 0 Å². The Morgan fingerprint density at radius 3 is 3.00 bits per heavy atom. The van der Waals surface area contributed by atoms with E-state index in [2.05, 4.69) is 5.48 Å². The van der Waals surface area contributed by atoms with E-state index in [9.17, 15) is 0 Å². The van der Waals surface area contributed by atoms with Crippen molar-refractivity contribution in [2.75, 3.05) is 6.61 Å². The molecule has 0 aliphatic carbocycles. The first-order valence-electron chi connectivity index (χ1n) is 3.94. The lowest BCUT2D eigenvalue weighted by Gasteiger charge is -2.20. The van der Waals surface area contributed by atoms with Crippen molar-refractivity contribution < 1.29 is 9.94 Å². The van der Waals surface area contributed by atoms with Gasteiger partial charge in [-0.1, -0.05) is 0 Å². The molecule has 0 amide bonds. The second-order valence-electron chi connectivity index (χ2n) is 3.43. The maximum atomic E-state index is 8.57. The highest BCUT2D eigenvalue weighted by Crippen LogP contribution is 2.19. The van der Waals surface area contributed by atoms with Crippen LogP contribution < -0.4 is 11.2 Å². The zero-order valence-electron chi connectivity index (χ0n) is 6.84. The Hall–Kier alpha value is -0.160. The van der Waals surface area contributed by atoms with Crippen molar-refractivity contribution in [3.05, 3.63) is 0 Å². The Morgan fingerprint density at radius 1 is 1.64 bits per heavy atom. The molecule has 0 aromatic carbocycles. The molecule has 1 saturated heterocycles. The Kier molecular flexibility index (Phi) is 2.84. The number of rotatable bonds is 1. The van der Waals surface area contributed by atoms with Gasteiger partial charge in [-0.25, -0.2) is 0 Å². The minimum Gasteiger partial charge on any atom is -0.361 e. The Labute approximate surface area is 66.7 Å². The molecule has 1 aliphatic rings. The van der Waals surface area contributed by atoms with Gasteiger partial charge >= 0.3 is 0 Å².